The number of aromatic nitrogens is 2. The van der Waals surface area contributed by atoms with Crippen molar-refractivity contribution >= 4 is 22.3 Å². The van der Waals surface area contributed by atoms with Crippen LogP contribution in [-0.4, -0.2) is 9.97 Å². The first-order valence-corrected chi connectivity index (χ1v) is 6.40. The number of thiazole rings is 1. The van der Waals surface area contributed by atoms with Gasteiger partial charge in [-0.2, -0.15) is 0 Å². The van der Waals surface area contributed by atoms with Gasteiger partial charge in [0.15, 0.2) is 5.13 Å². The predicted molar refractivity (Wildman–Crippen MR) is 73.9 cm³/mol. The molecule has 0 saturated heterocycles. The van der Waals surface area contributed by atoms with Gasteiger partial charge in [0.25, 0.3) is 0 Å². The van der Waals surface area contributed by atoms with Crippen molar-refractivity contribution in [3.8, 4) is 11.3 Å². The molecule has 2 aromatic heterocycles. The summed E-state index contributed by atoms with van der Waals surface area (Å²) in [5, 5.41) is 6.05. The molecule has 3 nitrogen and oxygen atoms in total. The Labute approximate surface area is 109 Å². The predicted octanol–water partition coefficient (Wildman–Crippen LogP) is 3.75. The molecule has 3 rings (SSSR count). The first kappa shape index (κ1) is 10.9. The molecule has 18 heavy (non-hydrogen) atoms. The average molecular weight is 252 g/mol. The normalized spacial score (nSPS) is 10.2. The Balaban J connectivity index is 1.82. The third-order valence-corrected chi connectivity index (χ3v) is 3.18. The van der Waals surface area contributed by atoms with Gasteiger partial charge in [0.2, 0.25) is 0 Å². The standard InChI is InChI=1S/C14H10N3S/c1-2-6-11(7-3-1)12-10-18-14(16-12)17-13-8-4-5-9-15-13/h2-10H,(H,15,16,17). The largest absolute Gasteiger partial charge is 0.316 e. The molecule has 0 amide bonds. The van der Waals surface area contributed by atoms with Crippen LogP contribution in [0.15, 0.2) is 54.0 Å². The molecule has 0 aliphatic carbocycles. The highest BCUT2D eigenvalue weighted by Gasteiger charge is 2.04. The van der Waals surface area contributed by atoms with Crippen LogP contribution in [0, 0.1) is 6.07 Å². The van der Waals surface area contributed by atoms with Gasteiger partial charge >= 0.3 is 0 Å². The van der Waals surface area contributed by atoms with Crippen LogP contribution in [0.2, 0.25) is 0 Å². The van der Waals surface area contributed by atoms with Crippen LogP contribution >= 0.6 is 11.3 Å². The molecule has 1 radical (unpaired) electrons. The Morgan fingerprint density at radius 1 is 1.11 bits per heavy atom. The van der Waals surface area contributed by atoms with E-state index in [4.69, 9.17) is 0 Å². The second-order valence-electron chi connectivity index (χ2n) is 3.67. The highest BCUT2D eigenvalue weighted by Crippen LogP contribution is 2.26. The maximum atomic E-state index is 4.53. The maximum Gasteiger partial charge on any atom is 0.188 e. The number of pyridine rings is 1. The molecule has 0 aliphatic heterocycles. The Kier molecular flexibility index (Phi) is 3.02. The fourth-order valence-electron chi connectivity index (χ4n) is 1.57. The van der Waals surface area contributed by atoms with E-state index in [1.54, 1.807) is 17.5 Å². The third kappa shape index (κ3) is 2.38. The van der Waals surface area contributed by atoms with Crippen molar-refractivity contribution in [2.45, 2.75) is 0 Å². The number of rotatable bonds is 3. The first-order chi connectivity index (χ1) is 8.92. The van der Waals surface area contributed by atoms with Crippen LogP contribution < -0.4 is 5.32 Å². The van der Waals surface area contributed by atoms with Gasteiger partial charge in [-0.25, -0.2) is 9.97 Å². The van der Waals surface area contributed by atoms with E-state index in [1.807, 2.05) is 47.8 Å². The van der Waals surface area contributed by atoms with Gasteiger partial charge in [0.1, 0.15) is 5.82 Å². The van der Waals surface area contributed by atoms with Crippen LogP contribution in [0.4, 0.5) is 10.9 Å². The SMILES string of the molecule is [c]1ccc(-c2csc(Nc3ccccn3)n2)cc1. The molecule has 0 atom stereocenters. The minimum Gasteiger partial charge on any atom is -0.316 e. The lowest BCUT2D eigenvalue weighted by Crippen LogP contribution is -1.91. The van der Waals surface area contributed by atoms with Crippen molar-refractivity contribution in [2.75, 3.05) is 5.32 Å². The van der Waals surface area contributed by atoms with Crippen LogP contribution in [0.25, 0.3) is 11.3 Å². The molecular formula is C14H10N3S. The zero-order valence-electron chi connectivity index (χ0n) is 9.50. The summed E-state index contributed by atoms with van der Waals surface area (Å²) < 4.78 is 0. The van der Waals surface area contributed by atoms with E-state index in [0.717, 1.165) is 22.2 Å². The van der Waals surface area contributed by atoms with Gasteiger partial charge in [0, 0.05) is 17.1 Å². The van der Waals surface area contributed by atoms with Crippen LogP contribution in [0.3, 0.4) is 0 Å². The van der Waals surface area contributed by atoms with Gasteiger partial charge in [-0.3, -0.25) is 0 Å². The lowest BCUT2D eigenvalue weighted by atomic mass is 10.2. The summed E-state index contributed by atoms with van der Waals surface area (Å²) in [6.45, 7) is 0. The third-order valence-electron chi connectivity index (χ3n) is 2.42. The molecule has 0 unspecified atom stereocenters. The van der Waals surface area contributed by atoms with E-state index in [1.165, 1.54) is 0 Å². The lowest BCUT2D eigenvalue weighted by Gasteiger charge is -1.99. The van der Waals surface area contributed by atoms with Crippen molar-refractivity contribution in [2.24, 2.45) is 0 Å². The minimum absolute atomic E-state index is 0.805. The Morgan fingerprint density at radius 2 is 2.00 bits per heavy atom. The monoisotopic (exact) mass is 252 g/mol. The molecule has 4 heteroatoms. The Morgan fingerprint density at radius 3 is 2.78 bits per heavy atom. The molecule has 3 aromatic rings. The summed E-state index contributed by atoms with van der Waals surface area (Å²) >= 11 is 1.57. The number of anilines is 2. The molecule has 0 bridgehead atoms. The first-order valence-electron chi connectivity index (χ1n) is 5.52. The van der Waals surface area contributed by atoms with Crippen LogP contribution in [-0.2, 0) is 0 Å². The molecule has 2 heterocycles. The fraction of sp³-hybridized carbons (Fsp3) is 0. The van der Waals surface area contributed by atoms with Crippen molar-refractivity contribution in [1.82, 2.24) is 9.97 Å². The lowest BCUT2D eigenvalue weighted by molar-refractivity contribution is 1.29. The summed E-state index contributed by atoms with van der Waals surface area (Å²) in [6, 6.07) is 16.5. The molecule has 87 valence electrons. The second kappa shape index (κ2) is 4.98. The van der Waals surface area contributed by atoms with E-state index >= 15 is 0 Å². The fourth-order valence-corrected chi connectivity index (χ4v) is 2.29. The van der Waals surface area contributed by atoms with Gasteiger partial charge in [-0.1, -0.05) is 30.3 Å². The molecule has 0 fully saturated rings. The second-order valence-corrected chi connectivity index (χ2v) is 4.52. The number of nitrogens with zero attached hydrogens (tertiary/aromatic N) is 2. The zero-order valence-corrected chi connectivity index (χ0v) is 10.3. The van der Waals surface area contributed by atoms with Crippen LogP contribution in [0.5, 0.6) is 0 Å². The molecular weight excluding hydrogens is 242 g/mol. The van der Waals surface area contributed by atoms with E-state index in [9.17, 15) is 0 Å². The van der Waals surface area contributed by atoms with Crippen molar-refractivity contribution in [3.63, 3.8) is 0 Å². The van der Waals surface area contributed by atoms with Crippen molar-refractivity contribution < 1.29 is 0 Å². The van der Waals surface area contributed by atoms with Crippen LogP contribution in [0.1, 0.15) is 0 Å². The number of hydrogen-bond acceptors (Lipinski definition) is 4. The van der Waals surface area contributed by atoms with Gasteiger partial charge in [-0.15, -0.1) is 11.3 Å². The Hall–Kier alpha value is -2.20. The molecule has 0 saturated carbocycles. The number of nitrogens with one attached hydrogen (secondary N) is 1. The minimum atomic E-state index is 0.805. The van der Waals surface area contributed by atoms with Gasteiger partial charge in [0.05, 0.1) is 5.69 Å². The van der Waals surface area contributed by atoms with Crippen molar-refractivity contribution in [1.29, 1.82) is 0 Å². The molecule has 1 aromatic carbocycles. The zero-order chi connectivity index (χ0) is 12.2. The summed E-state index contributed by atoms with van der Waals surface area (Å²) in [5.41, 5.74) is 2.06. The topological polar surface area (TPSA) is 37.8 Å². The summed E-state index contributed by atoms with van der Waals surface area (Å²) in [6.07, 6.45) is 1.75. The average Bonchev–Trinajstić information content (AvgIpc) is 2.89. The molecule has 0 aliphatic rings. The smallest absolute Gasteiger partial charge is 0.188 e. The molecule has 1 N–H and O–H groups in total. The molecule has 0 spiro atoms. The number of benzene rings is 1. The summed E-state index contributed by atoms with van der Waals surface area (Å²) in [7, 11) is 0. The van der Waals surface area contributed by atoms with E-state index in [-0.39, 0.29) is 0 Å². The van der Waals surface area contributed by atoms with Gasteiger partial charge in [-0.05, 0) is 18.2 Å². The van der Waals surface area contributed by atoms with Gasteiger partial charge < -0.3 is 5.32 Å². The number of hydrogen-bond donors (Lipinski definition) is 1. The summed E-state index contributed by atoms with van der Waals surface area (Å²) in [5.74, 6) is 0.805. The van der Waals surface area contributed by atoms with Crippen molar-refractivity contribution in [3.05, 3.63) is 60.1 Å². The highest BCUT2D eigenvalue weighted by molar-refractivity contribution is 7.14. The van der Waals surface area contributed by atoms with E-state index < -0.39 is 0 Å². The maximum absolute atomic E-state index is 4.53. The van der Waals surface area contributed by atoms with E-state index in [2.05, 4.69) is 21.4 Å². The summed E-state index contributed by atoms with van der Waals surface area (Å²) in [4.78, 5) is 8.74. The highest BCUT2D eigenvalue weighted by atomic mass is 32.1. The Bertz CT molecular complexity index is 620. The quantitative estimate of drug-likeness (QED) is 0.771. The van der Waals surface area contributed by atoms with E-state index in [0.29, 0.717) is 0 Å².